The van der Waals surface area contributed by atoms with E-state index in [-0.39, 0.29) is 6.61 Å². The number of carbonyl (C=O) groups is 2. The smallest absolute Gasteiger partial charge is 0.480 e. The number of fused-ring (bicyclic) bond motifs is 1. The Hall–Kier alpha value is -2.93. The van der Waals surface area contributed by atoms with E-state index in [1.165, 1.54) is 23.1 Å². The van der Waals surface area contributed by atoms with Crippen LogP contribution in [0.1, 0.15) is 38.3 Å². The number of anilines is 1. The van der Waals surface area contributed by atoms with Crippen molar-refractivity contribution in [3.8, 4) is 0 Å². The number of thiazole rings is 1. The van der Waals surface area contributed by atoms with Crippen LogP contribution in [0.15, 0.2) is 47.5 Å². The molecule has 192 valence electrons. The summed E-state index contributed by atoms with van der Waals surface area (Å²) < 4.78 is 18.4. The monoisotopic (exact) mass is 539 g/mol. The molecule has 2 aromatic carbocycles. The zero-order chi connectivity index (χ0) is 26.4. The number of carbonyl (C=O) groups excluding carboxylic acids is 1. The van der Waals surface area contributed by atoms with Crippen molar-refractivity contribution in [2.24, 2.45) is 4.99 Å². The fraction of sp³-hybridized carbons (Fsp3) is 0.360. The highest BCUT2D eigenvalue weighted by molar-refractivity contribution is 8.15. The summed E-state index contributed by atoms with van der Waals surface area (Å²) in [4.78, 5) is 32.3. The van der Waals surface area contributed by atoms with E-state index in [1.807, 2.05) is 58.0 Å². The number of hydrogen-bond acceptors (Lipinski definition) is 9. The Morgan fingerprint density at radius 3 is 2.49 bits per heavy atom. The van der Waals surface area contributed by atoms with Crippen LogP contribution >= 0.6 is 23.1 Å². The predicted octanol–water partition coefficient (Wildman–Crippen LogP) is 4.29. The number of aliphatic imine (C=N–C) groups is 1. The molecular formula is C25H26BN3O6S2. The van der Waals surface area contributed by atoms with Crippen LogP contribution in [0, 0.1) is 0 Å². The Morgan fingerprint density at radius 1 is 1.14 bits per heavy atom. The normalized spacial score (nSPS) is 20.2. The van der Waals surface area contributed by atoms with Crippen LogP contribution in [0.3, 0.4) is 0 Å². The SMILES string of the molecule is CC1(C)OB(c2ccc(COC(=O)Nc3ccc4nc(C5=N[C@@H](C(=O)O)CS5)sc4c3)cc2)OC1(C)C. The molecule has 0 spiro atoms. The van der Waals surface area contributed by atoms with Crippen LogP contribution in [-0.4, -0.2) is 57.3 Å². The first kappa shape index (κ1) is 25.7. The molecule has 0 aliphatic carbocycles. The lowest BCUT2D eigenvalue weighted by molar-refractivity contribution is -0.137. The van der Waals surface area contributed by atoms with E-state index in [2.05, 4.69) is 15.3 Å². The first-order valence-electron chi connectivity index (χ1n) is 11.7. The van der Waals surface area contributed by atoms with Gasteiger partial charge in [-0.05, 0) is 56.9 Å². The number of carboxylic acid groups (broad SMARTS) is 1. The van der Waals surface area contributed by atoms with Crippen LogP contribution in [0.5, 0.6) is 0 Å². The van der Waals surface area contributed by atoms with Gasteiger partial charge in [-0.15, -0.1) is 23.1 Å². The number of hydrogen-bond donors (Lipinski definition) is 2. The quantitative estimate of drug-likeness (QED) is 0.446. The summed E-state index contributed by atoms with van der Waals surface area (Å²) in [5.74, 6) is -0.532. The molecule has 9 nitrogen and oxygen atoms in total. The minimum absolute atomic E-state index is 0.115. The Bertz CT molecular complexity index is 1370. The van der Waals surface area contributed by atoms with Crippen molar-refractivity contribution < 1.29 is 28.7 Å². The highest BCUT2D eigenvalue weighted by atomic mass is 32.2. The number of ether oxygens (including phenoxy) is 1. The topological polar surface area (TPSA) is 119 Å². The lowest BCUT2D eigenvalue weighted by Gasteiger charge is -2.32. The highest BCUT2D eigenvalue weighted by Crippen LogP contribution is 2.36. The molecule has 1 amide bonds. The molecule has 0 bridgehead atoms. The number of amides is 1. The molecule has 5 rings (SSSR count). The van der Waals surface area contributed by atoms with Gasteiger partial charge in [-0.2, -0.15) is 0 Å². The van der Waals surface area contributed by atoms with E-state index in [0.29, 0.717) is 21.5 Å². The molecule has 2 N–H and O–H groups in total. The lowest BCUT2D eigenvalue weighted by Crippen LogP contribution is -2.41. The second-order valence-electron chi connectivity index (χ2n) is 9.83. The standard InChI is InChI=1S/C25H26BN3O6S2/c1-24(2)25(3,4)35-26(34-24)15-7-5-14(6-8-15)12-33-23(32)27-16-9-10-17-19(11-16)37-21(28-17)20-29-18(13-36-20)22(30)31/h5-11,18H,12-13H2,1-4H3,(H,27,32)(H,30,31)/t18-/m1/s1. The fourth-order valence-electron chi connectivity index (χ4n) is 3.76. The van der Waals surface area contributed by atoms with Gasteiger partial charge in [0, 0.05) is 11.4 Å². The number of rotatable bonds is 6. The third kappa shape index (κ3) is 5.38. The van der Waals surface area contributed by atoms with Crippen molar-refractivity contribution in [1.29, 1.82) is 0 Å². The van der Waals surface area contributed by atoms with E-state index in [0.717, 1.165) is 21.2 Å². The van der Waals surface area contributed by atoms with E-state index >= 15 is 0 Å². The lowest BCUT2D eigenvalue weighted by atomic mass is 9.79. The van der Waals surface area contributed by atoms with Gasteiger partial charge in [0.2, 0.25) is 0 Å². The van der Waals surface area contributed by atoms with Crippen LogP contribution in [-0.2, 0) is 25.4 Å². The molecule has 0 radical (unpaired) electrons. The molecule has 2 aliphatic rings. The molecule has 3 heterocycles. The Labute approximate surface area is 222 Å². The largest absolute Gasteiger partial charge is 0.494 e. The molecule has 1 saturated heterocycles. The van der Waals surface area contributed by atoms with Crippen LogP contribution in [0.25, 0.3) is 10.2 Å². The van der Waals surface area contributed by atoms with E-state index in [1.54, 1.807) is 12.1 Å². The van der Waals surface area contributed by atoms with Gasteiger partial charge in [0.25, 0.3) is 0 Å². The molecule has 1 atom stereocenters. The van der Waals surface area contributed by atoms with Gasteiger partial charge in [0.1, 0.15) is 16.7 Å². The van der Waals surface area contributed by atoms with Crippen molar-refractivity contribution in [1.82, 2.24) is 4.98 Å². The molecule has 2 aliphatic heterocycles. The van der Waals surface area contributed by atoms with Crippen LogP contribution in [0.2, 0.25) is 0 Å². The van der Waals surface area contributed by atoms with Gasteiger partial charge in [-0.25, -0.2) is 14.6 Å². The summed E-state index contributed by atoms with van der Waals surface area (Å²) in [6, 6.07) is 12.2. The summed E-state index contributed by atoms with van der Waals surface area (Å²) in [6.45, 7) is 8.17. The molecule has 3 aromatic rings. The number of aliphatic carboxylic acids is 1. The minimum atomic E-state index is -0.936. The third-order valence-corrected chi connectivity index (χ3v) is 8.84. The van der Waals surface area contributed by atoms with Crippen molar-refractivity contribution in [2.45, 2.75) is 51.5 Å². The van der Waals surface area contributed by atoms with Gasteiger partial charge in [0.15, 0.2) is 6.04 Å². The van der Waals surface area contributed by atoms with Gasteiger partial charge < -0.3 is 19.2 Å². The number of aromatic nitrogens is 1. The first-order chi connectivity index (χ1) is 17.5. The highest BCUT2D eigenvalue weighted by Gasteiger charge is 2.51. The van der Waals surface area contributed by atoms with Crippen molar-refractivity contribution in [3.05, 3.63) is 53.0 Å². The van der Waals surface area contributed by atoms with E-state index < -0.39 is 36.4 Å². The maximum absolute atomic E-state index is 12.4. The molecule has 37 heavy (non-hydrogen) atoms. The Balaban J connectivity index is 1.17. The van der Waals surface area contributed by atoms with Crippen LogP contribution < -0.4 is 10.8 Å². The van der Waals surface area contributed by atoms with Crippen molar-refractivity contribution >= 4 is 68.7 Å². The average molecular weight is 539 g/mol. The molecule has 1 aromatic heterocycles. The minimum Gasteiger partial charge on any atom is -0.480 e. The summed E-state index contributed by atoms with van der Waals surface area (Å²) in [6.07, 6.45) is -0.570. The number of nitrogens with zero attached hydrogens (tertiary/aromatic N) is 2. The molecule has 1 fully saturated rings. The average Bonchev–Trinajstić information content (AvgIpc) is 3.54. The van der Waals surface area contributed by atoms with Gasteiger partial charge in [-0.3, -0.25) is 10.3 Å². The molecule has 12 heteroatoms. The van der Waals surface area contributed by atoms with Gasteiger partial charge in [0.05, 0.1) is 21.4 Å². The summed E-state index contributed by atoms with van der Waals surface area (Å²) in [5.41, 5.74) is 2.26. The number of nitrogens with one attached hydrogen (secondary N) is 1. The van der Waals surface area contributed by atoms with Gasteiger partial charge in [-0.1, -0.05) is 24.3 Å². The maximum Gasteiger partial charge on any atom is 0.494 e. The summed E-state index contributed by atoms with van der Waals surface area (Å²) in [7, 11) is -0.441. The molecular weight excluding hydrogens is 513 g/mol. The number of carboxylic acids is 1. The zero-order valence-corrected chi connectivity index (χ0v) is 22.4. The molecule has 0 unspecified atom stereocenters. The van der Waals surface area contributed by atoms with Crippen LogP contribution in [0.4, 0.5) is 10.5 Å². The van der Waals surface area contributed by atoms with Gasteiger partial charge >= 0.3 is 19.2 Å². The third-order valence-electron chi connectivity index (χ3n) is 6.63. The Morgan fingerprint density at radius 2 is 1.84 bits per heavy atom. The number of benzene rings is 2. The first-order valence-corrected chi connectivity index (χ1v) is 13.5. The Kier molecular flexibility index (Phi) is 6.78. The predicted molar refractivity (Wildman–Crippen MR) is 146 cm³/mol. The second kappa shape index (κ2) is 9.75. The second-order valence-corrected chi connectivity index (χ2v) is 11.9. The van der Waals surface area contributed by atoms with E-state index in [9.17, 15) is 9.59 Å². The number of thioether (sulfide) groups is 1. The van der Waals surface area contributed by atoms with Crippen molar-refractivity contribution in [3.63, 3.8) is 0 Å². The summed E-state index contributed by atoms with van der Waals surface area (Å²) >= 11 is 2.79. The zero-order valence-electron chi connectivity index (χ0n) is 20.8. The van der Waals surface area contributed by atoms with Crippen molar-refractivity contribution in [2.75, 3.05) is 11.1 Å². The fourth-order valence-corrected chi connectivity index (χ4v) is 5.87. The van der Waals surface area contributed by atoms with E-state index in [4.69, 9.17) is 19.2 Å². The maximum atomic E-state index is 12.4. The summed E-state index contributed by atoms with van der Waals surface area (Å²) in [5, 5.41) is 13.2. The molecule has 0 saturated carbocycles.